The second kappa shape index (κ2) is 10.9. The lowest BCUT2D eigenvalue weighted by molar-refractivity contribution is -0.138. The summed E-state index contributed by atoms with van der Waals surface area (Å²) in [6, 6.07) is 12.0. The van der Waals surface area contributed by atoms with Crippen molar-refractivity contribution >= 4 is 17.7 Å². The Morgan fingerprint density at radius 1 is 1.17 bits per heavy atom. The van der Waals surface area contributed by atoms with Gasteiger partial charge in [-0.05, 0) is 101 Å². The minimum Gasteiger partial charge on any atom is -0.444 e. The molecule has 2 aromatic carbocycles. The topological polar surface area (TPSA) is 104 Å². The number of rotatable bonds is 6. The number of anilines is 1. The zero-order chi connectivity index (χ0) is 33.2. The van der Waals surface area contributed by atoms with Gasteiger partial charge in [-0.25, -0.2) is 4.79 Å². The molecule has 0 unspecified atom stereocenters. The van der Waals surface area contributed by atoms with Crippen LogP contribution in [0.1, 0.15) is 98.2 Å². The molecule has 2 aliphatic carbocycles. The fourth-order valence-electron chi connectivity index (χ4n) is 7.06. The van der Waals surface area contributed by atoms with Gasteiger partial charge in [0.1, 0.15) is 17.8 Å². The van der Waals surface area contributed by atoms with Gasteiger partial charge in [0.2, 0.25) is 0 Å². The standard InChI is InChI=1S/C34H37F3N6O3/c1-31(2,3)46-30(45)43(32(4)10-7-11-32)18-21-12-25-26(27(13-21)34(35,36)37)19-42(28(25)44)24-9-6-8-23(14-24)33(15-22(16-33)17-38)29-40-39-20-41(29)5/h6,8-9,12-14,20,22H,7,10-11,15-16,18-19H2,1-5H3. The SMILES string of the molecule is Cn1cnnc1C1(c2cccc(N3Cc4c(cc(CN(C(=O)OC(C)(C)C)C5(C)CCC5)cc4C(F)(F)F)C3=O)c2)CC(C#N)C1. The van der Waals surface area contributed by atoms with Crippen LogP contribution in [0.25, 0.3) is 0 Å². The summed E-state index contributed by atoms with van der Waals surface area (Å²) < 4.78 is 51.2. The lowest BCUT2D eigenvalue weighted by Crippen LogP contribution is -2.54. The monoisotopic (exact) mass is 634 g/mol. The number of halogens is 3. The van der Waals surface area contributed by atoms with Crippen molar-refractivity contribution < 1.29 is 27.5 Å². The summed E-state index contributed by atoms with van der Waals surface area (Å²) >= 11 is 0. The molecule has 1 aromatic heterocycles. The van der Waals surface area contributed by atoms with Gasteiger partial charge < -0.3 is 14.2 Å². The van der Waals surface area contributed by atoms with Gasteiger partial charge in [0.25, 0.3) is 5.91 Å². The molecule has 2 amide bonds. The molecule has 9 nitrogen and oxygen atoms in total. The molecule has 0 radical (unpaired) electrons. The van der Waals surface area contributed by atoms with Crippen LogP contribution in [0.4, 0.5) is 23.7 Å². The maximum Gasteiger partial charge on any atom is 0.416 e. The van der Waals surface area contributed by atoms with E-state index in [1.165, 1.54) is 15.9 Å². The highest BCUT2D eigenvalue weighted by atomic mass is 19.4. The molecule has 2 heterocycles. The molecule has 0 bridgehead atoms. The highest BCUT2D eigenvalue weighted by Gasteiger charge is 2.51. The lowest BCUT2D eigenvalue weighted by Gasteiger charge is -2.47. The number of hydrogen-bond donors (Lipinski definition) is 0. The summed E-state index contributed by atoms with van der Waals surface area (Å²) in [4.78, 5) is 30.1. The molecule has 12 heteroatoms. The van der Waals surface area contributed by atoms with E-state index in [-0.39, 0.29) is 35.7 Å². The summed E-state index contributed by atoms with van der Waals surface area (Å²) in [5.41, 5.74) is -1.48. The summed E-state index contributed by atoms with van der Waals surface area (Å²) in [7, 11) is 1.83. The summed E-state index contributed by atoms with van der Waals surface area (Å²) in [6.45, 7) is 6.77. The first kappa shape index (κ1) is 31.6. The van der Waals surface area contributed by atoms with E-state index in [9.17, 15) is 28.0 Å². The molecular formula is C34H37F3N6O3. The van der Waals surface area contributed by atoms with Gasteiger partial charge in [-0.2, -0.15) is 18.4 Å². The number of carbonyl (C=O) groups excluding carboxylic acids is 2. The zero-order valence-electron chi connectivity index (χ0n) is 26.6. The maximum atomic E-state index is 14.6. The van der Waals surface area contributed by atoms with Crippen molar-refractivity contribution in [2.75, 3.05) is 4.90 Å². The first-order valence-electron chi connectivity index (χ1n) is 15.4. The number of alkyl halides is 3. The molecule has 0 atom stereocenters. The van der Waals surface area contributed by atoms with Crippen LogP contribution in [0.15, 0.2) is 42.7 Å². The normalized spacial score (nSPS) is 22.0. The minimum absolute atomic E-state index is 0.0330. The van der Waals surface area contributed by atoms with Crippen molar-refractivity contribution in [3.63, 3.8) is 0 Å². The van der Waals surface area contributed by atoms with Crippen molar-refractivity contribution in [2.24, 2.45) is 13.0 Å². The van der Waals surface area contributed by atoms with Crippen LogP contribution in [0, 0.1) is 17.2 Å². The van der Waals surface area contributed by atoms with Crippen molar-refractivity contribution in [3.05, 3.63) is 76.4 Å². The number of aryl methyl sites for hydroxylation is 1. The first-order chi connectivity index (χ1) is 21.5. The molecule has 3 aliphatic rings. The van der Waals surface area contributed by atoms with Crippen molar-refractivity contribution in [2.45, 2.75) is 95.6 Å². The Balaban J connectivity index is 1.36. The van der Waals surface area contributed by atoms with E-state index in [0.29, 0.717) is 37.2 Å². The van der Waals surface area contributed by atoms with Crippen LogP contribution >= 0.6 is 0 Å². The molecule has 6 rings (SSSR count). The van der Waals surface area contributed by atoms with Gasteiger partial charge >= 0.3 is 12.3 Å². The van der Waals surface area contributed by atoms with Crippen LogP contribution in [0.3, 0.4) is 0 Å². The predicted octanol–water partition coefficient (Wildman–Crippen LogP) is 6.89. The number of hydrogen-bond acceptors (Lipinski definition) is 6. The van der Waals surface area contributed by atoms with Crippen LogP contribution in [0.2, 0.25) is 0 Å². The molecule has 0 N–H and O–H groups in total. The number of carbonyl (C=O) groups is 2. The van der Waals surface area contributed by atoms with Gasteiger partial charge in [0.05, 0.1) is 23.6 Å². The average Bonchev–Trinajstić information content (AvgIpc) is 3.51. The Labute approximate surface area is 265 Å². The molecule has 2 saturated carbocycles. The van der Waals surface area contributed by atoms with E-state index in [0.717, 1.165) is 18.1 Å². The van der Waals surface area contributed by atoms with Gasteiger partial charge in [-0.3, -0.25) is 9.69 Å². The molecule has 242 valence electrons. The predicted molar refractivity (Wildman–Crippen MR) is 163 cm³/mol. The smallest absolute Gasteiger partial charge is 0.416 e. The van der Waals surface area contributed by atoms with E-state index >= 15 is 0 Å². The highest BCUT2D eigenvalue weighted by Crippen LogP contribution is 2.52. The third kappa shape index (κ3) is 5.39. The Kier molecular flexibility index (Phi) is 7.45. The van der Waals surface area contributed by atoms with E-state index in [4.69, 9.17) is 4.74 Å². The minimum atomic E-state index is -4.72. The molecule has 0 saturated heterocycles. The Morgan fingerprint density at radius 3 is 2.46 bits per heavy atom. The largest absolute Gasteiger partial charge is 0.444 e. The number of ether oxygens (including phenoxy) is 1. The molecule has 3 aromatic rings. The van der Waals surface area contributed by atoms with Gasteiger partial charge in [-0.15, -0.1) is 10.2 Å². The summed E-state index contributed by atoms with van der Waals surface area (Å²) in [6.07, 6.45) is -0.385. The van der Waals surface area contributed by atoms with Crippen LogP contribution in [-0.4, -0.2) is 42.8 Å². The fraction of sp³-hybridized carbons (Fsp3) is 0.500. The van der Waals surface area contributed by atoms with E-state index in [2.05, 4.69) is 16.3 Å². The number of amides is 2. The summed E-state index contributed by atoms with van der Waals surface area (Å²) in [5, 5.41) is 17.9. The lowest BCUT2D eigenvalue weighted by atomic mass is 9.58. The number of fused-ring (bicyclic) bond motifs is 1. The maximum absolute atomic E-state index is 14.6. The second-order valence-corrected chi connectivity index (χ2v) is 14.1. The van der Waals surface area contributed by atoms with Crippen LogP contribution < -0.4 is 4.90 Å². The Morgan fingerprint density at radius 2 is 1.89 bits per heavy atom. The Bertz CT molecular complexity index is 1740. The first-order valence-corrected chi connectivity index (χ1v) is 15.4. The van der Waals surface area contributed by atoms with Crippen molar-refractivity contribution in [1.29, 1.82) is 5.26 Å². The highest BCUT2D eigenvalue weighted by molar-refractivity contribution is 6.10. The fourth-order valence-corrected chi connectivity index (χ4v) is 7.06. The van der Waals surface area contributed by atoms with E-state index < -0.39 is 40.3 Å². The number of aromatic nitrogens is 3. The molecule has 0 spiro atoms. The second-order valence-electron chi connectivity index (χ2n) is 14.1. The van der Waals surface area contributed by atoms with E-state index in [1.807, 2.05) is 26.1 Å². The van der Waals surface area contributed by atoms with Gasteiger partial charge in [0.15, 0.2) is 0 Å². The van der Waals surface area contributed by atoms with E-state index in [1.54, 1.807) is 43.8 Å². The number of nitrogens with zero attached hydrogens (tertiary/aromatic N) is 6. The number of benzene rings is 2. The van der Waals surface area contributed by atoms with Crippen molar-refractivity contribution in [1.82, 2.24) is 19.7 Å². The zero-order valence-corrected chi connectivity index (χ0v) is 26.6. The molecule has 46 heavy (non-hydrogen) atoms. The Hall–Kier alpha value is -4.40. The molecule has 1 aliphatic heterocycles. The van der Waals surface area contributed by atoms with Crippen LogP contribution in [0.5, 0.6) is 0 Å². The van der Waals surface area contributed by atoms with Crippen LogP contribution in [-0.2, 0) is 36.5 Å². The molecular weight excluding hydrogens is 597 g/mol. The third-order valence-corrected chi connectivity index (χ3v) is 9.67. The van der Waals surface area contributed by atoms with Crippen molar-refractivity contribution in [3.8, 4) is 6.07 Å². The van der Waals surface area contributed by atoms with Gasteiger partial charge in [-0.1, -0.05) is 12.1 Å². The average molecular weight is 635 g/mol. The third-order valence-electron chi connectivity index (χ3n) is 9.67. The summed E-state index contributed by atoms with van der Waals surface area (Å²) in [5.74, 6) is -0.0338. The van der Waals surface area contributed by atoms with Gasteiger partial charge in [0, 0.05) is 36.3 Å². The number of nitriles is 1. The quantitative estimate of drug-likeness (QED) is 0.292. The molecule has 2 fully saturated rings.